The second kappa shape index (κ2) is 4.20. The smallest absolute Gasteiger partial charge is 0.128 e. The van der Waals surface area contributed by atoms with Crippen molar-refractivity contribution in [1.29, 1.82) is 0 Å². The minimum Gasteiger partial charge on any atom is -0.356 e. The van der Waals surface area contributed by atoms with Crippen LogP contribution in [0.3, 0.4) is 0 Å². The van der Waals surface area contributed by atoms with E-state index in [4.69, 9.17) is 0 Å². The average molecular weight is 228 g/mol. The summed E-state index contributed by atoms with van der Waals surface area (Å²) >= 11 is 0. The zero-order valence-corrected chi connectivity index (χ0v) is 9.95. The molecule has 0 atom stereocenters. The molecule has 0 unspecified atom stereocenters. The van der Waals surface area contributed by atoms with Crippen LogP contribution in [0.1, 0.15) is 5.82 Å². The fraction of sp³-hybridized carbons (Fsp3) is 0.385. The number of hydrogen-bond donors (Lipinski definition) is 0. The Hall–Kier alpha value is -1.84. The maximum atomic E-state index is 4.36. The normalized spacial score (nSPS) is 15.9. The summed E-state index contributed by atoms with van der Waals surface area (Å²) in [4.78, 5) is 10.9. The van der Waals surface area contributed by atoms with Crippen molar-refractivity contribution >= 4 is 5.82 Å². The second-order valence-corrected chi connectivity index (χ2v) is 4.59. The summed E-state index contributed by atoms with van der Waals surface area (Å²) in [5.41, 5.74) is 0. The summed E-state index contributed by atoms with van der Waals surface area (Å²) in [6.45, 7) is 5.30. The molecular formula is C13H16N4. The van der Waals surface area contributed by atoms with E-state index in [1.165, 1.54) is 0 Å². The van der Waals surface area contributed by atoms with Gasteiger partial charge >= 0.3 is 0 Å². The van der Waals surface area contributed by atoms with Crippen LogP contribution in [0, 0.1) is 12.8 Å². The lowest BCUT2D eigenvalue weighted by molar-refractivity contribution is 0.352. The highest BCUT2D eigenvalue weighted by Gasteiger charge is 2.27. The third-order valence-corrected chi connectivity index (χ3v) is 3.31. The molecule has 0 saturated carbocycles. The van der Waals surface area contributed by atoms with E-state index in [1.54, 1.807) is 0 Å². The van der Waals surface area contributed by atoms with Crippen LogP contribution >= 0.6 is 0 Å². The maximum Gasteiger partial charge on any atom is 0.128 e. The predicted octanol–water partition coefficient (Wildman–Crippen LogP) is 1.72. The van der Waals surface area contributed by atoms with Gasteiger partial charge in [0.1, 0.15) is 11.6 Å². The molecule has 3 rings (SSSR count). The third-order valence-electron chi connectivity index (χ3n) is 3.31. The number of aromatic nitrogens is 3. The van der Waals surface area contributed by atoms with Gasteiger partial charge < -0.3 is 9.47 Å². The molecule has 0 aromatic carbocycles. The first-order chi connectivity index (χ1) is 8.33. The van der Waals surface area contributed by atoms with Gasteiger partial charge in [-0.15, -0.1) is 0 Å². The van der Waals surface area contributed by atoms with Crippen molar-refractivity contribution in [2.24, 2.45) is 5.92 Å². The van der Waals surface area contributed by atoms with Crippen LogP contribution in [0.15, 0.2) is 36.8 Å². The van der Waals surface area contributed by atoms with E-state index < -0.39 is 0 Å². The SMILES string of the molecule is Cc1nccn1CC1CN(c2ccccn2)C1. The Morgan fingerprint density at radius 2 is 2.12 bits per heavy atom. The molecule has 0 radical (unpaired) electrons. The van der Waals surface area contributed by atoms with Crippen LogP contribution in [-0.2, 0) is 6.54 Å². The average Bonchev–Trinajstić information content (AvgIpc) is 2.70. The Balaban J connectivity index is 1.57. The largest absolute Gasteiger partial charge is 0.356 e. The molecule has 88 valence electrons. The number of aryl methyl sites for hydroxylation is 1. The molecule has 1 aliphatic rings. The molecule has 0 aliphatic carbocycles. The number of rotatable bonds is 3. The van der Waals surface area contributed by atoms with Gasteiger partial charge in [-0.1, -0.05) is 6.07 Å². The molecule has 1 saturated heterocycles. The summed E-state index contributed by atoms with van der Waals surface area (Å²) in [6.07, 6.45) is 5.77. The third kappa shape index (κ3) is 2.02. The second-order valence-electron chi connectivity index (χ2n) is 4.59. The summed E-state index contributed by atoms with van der Waals surface area (Å²) in [7, 11) is 0. The highest BCUT2D eigenvalue weighted by atomic mass is 15.2. The Bertz CT molecular complexity index is 485. The van der Waals surface area contributed by atoms with Crippen LogP contribution in [0.2, 0.25) is 0 Å². The van der Waals surface area contributed by atoms with Gasteiger partial charge in [-0.05, 0) is 19.1 Å². The fourth-order valence-corrected chi connectivity index (χ4v) is 2.29. The zero-order chi connectivity index (χ0) is 11.7. The van der Waals surface area contributed by atoms with Gasteiger partial charge in [0.2, 0.25) is 0 Å². The summed E-state index contributed by atoms with van der Waals surface area (Å²) in [5, 5.41) is 0. The van der Waals surface area contributed by atoms with E-state index in [1.807, 2.05) is 24.5 Å². The van der Waals surface area contributed by atoms with E-state index in [0.29, 0.717) is 5.92 Å². The molecule has 2 aromatic heterocycles. The lowest BCUT2D eigenvalue weighted by Gasteiger charge is -2.40. The first-order valence-corrected chi connectivity index (χ1v) is 5.96. The molecular weight excluding hydrogens is 212 g/mol. The molecule has 4 nitrogen and oxygen atoms in total. The molecule has 3 heterocycles. The molecule has 0 spiro atoms. The summed E-state index contributed by atoms with van der Waals surface area (Å²) in [6, 6.07) is 6.06. The van der Waals surface area contributed by atoms with Crippen molar-refractivity contribution in [3.05, 3.63) is 42.6 Å². The molecule has 0 bridgehead atoms. The number of imidazole rings is 1. The number of anilines is 1. The standard InChI is InChI=1S/C13H16N4/c1-11-14-6-7-16(11)8-12-9-17(10-12)13-4-2-3-5-15-13/h2-7,12H,8-10H2,1H3. The molecule has 0 amide bonds. The first-order valence-electron chi connectivity index (χ1n) is 5.96. The highest BCUT2D eigenvalue weighted by molar-refractivity contribution is 5.40. The van der Waals surface area contributed by atoms with E-state index in [-0.39, 0.29) is 0 Å². The van der Waals surface area contributed by atoms with E-state index in [2.05, 4.69) is 38.6 Å². The van der Waals surface area contributed by atoms with Crippen molar-refractivity contribution in [2.75, 3.05) is 18.0 Å². The van der Waals surface area contributed by atoms with Crippen molar-refractivity contribution in [1.82, 2.24) is 14.5 Å². The van der Waals surface area contributed by atoms with Gasteiger partial charge in [0.05, 0.1) is 0 Å². The van der Waals surface area contributed by atoms with Crippen LogP contribution < -0.4 is 4.90 Å². The number of hydrogen-bond acceptors (Lipinski definition) is 3. The Morgan fingerprint density at radius 1 is 1.24 bits per heavy atom. The van der Waals surface area contributed by atoms with Crippen molar-refractivity contribution in [3.8, 4) is 0 Å². The highest BCUT2D eigenvalue weighted by Crippen LogP contribution is 2.23. The van der Waals surface area contributed by atoms with E-state index in [0.717, 1.165) is 31.3 Å². The molecule has 0 N–H and O–H groups in total. The van der Waals surface area contributed by atoms with E-state index >= 15 is 0 Å². The Labute approximate surface area is 101 Å². The fourth-order valence-electron chi connectivity index (χ4n) is 2.29. The lowest BCUT2D eigenvalue weighted by Crippen LogP contribution is -2.48. The minimum absolute atomic E-state index is 0.713. The van der Waals surface area contributed by atoms with Gasteiger partial charge in [0.25, 0.3) is 0 Å². The number of nitrogens with zero attached hydrogens (tertiary/aromatic N) is 4. The van der Waals surface area contributed by atoms with Gasteiger partial charge in [0.15, 0.2) is 0 Å². The number of pyridine rings is 1. The van der Waals surface area contributed by atoms with Gasteiger partial charge in [-0.2, -0.15) is 0 Å². The minimum atomic E-state index is 0.713. The van der Waals surface area contributed by atoms with Gasteiger partial charge in [0, 0.05) is 44.1 Å². The van der Waals surface area contributed by atoms with Crippen molar-refractivity contribution in [3.63, 3.8) is 0 Å². The molecule has 1 fully saturated rings. The zero-order valence-electron chi connectivity index (χ0n) is 9.95. The molecule has 2 aromatic rings. The lowest BCUT2D eigenvalue weighted by atomic mass is 10.00. The van der Waals surface area contributed by atoms with Crippen molar-refractivity contribution < 1.29 is 0 Å². The quantitative estimate of drug-likeness (QED) is 0.802. The predicted molar refractivity (Wildman–Crippen MR) is 66.9 cm³/mol. The van der Waals surface area contributed by atoms with Crippen molar-refractivity contribution in [2.45, 2.75) is 13.5 Å². The van der Waals surface area contributed by atoms with Crippen LogP contribution in [0.5, 0.6) is 0 Å². The van der Waals surface area contributed by atoms with Crippen LogP contribution in [0.4, 0.5) is 5.82 Å². The molecule has 4 heteroatoms. The first kappa shape index (κ1) is 10.3. The molecule has 17 heavy (non-hydrogen) atoms. The van der Waals surface area contributed by atoms with Gasteiger partial charge in [-0.25, -0.2) is 9.97 Å². The Kier molecular flexibility index (Phi) is 2.55. The van der Waals surface area contributed by atoms with Crippen LogP contribution in [0.25, 0.3) is 0 Å². The van der Waals surface area contributed by atoms with E-state index in [9.17, 15) is 0 Å². The van der Waals surface area contributed by atoms with Gasteiger partial charge in [-0.3, -0.25) is 0 Å². The topological polar surface area (TPSA) is 34.0 Å². The molecule has 1 aliphatic heterocycles. The van der Waals surface area contributed by atoms with Crippen LogP contribution in [-0.4, -0.2) is 27.6 Å². The summed E-state index contributed by atoms with van der Waals surface area (Å²) in [5.74, 6) is 2.90. The maximum absolute atomic E-state index is 4.36. The Morgan fingerprint density at radius 3 is 2.76 bits per heavy atom. The monoisotopic (exact) mass is 228 g/mol. The summed E-state index contributed by atoms with van der Waals surface area (Å²) < 4.78 is 2.22.